The largest absolute Gasteiger partial charge is 0.322 e. The lowest BCUT2D eigenvalue weighted by Crippen LogP contribution is -2.40. The Morgan fingerprint density at radius 2 is 1.79 bits per heavy atom. The molecule has 3 N–H and O–H groups in total. The molecule has 1 saturated heterocycles. The number of carbonyl (C=O) groups excluding carboxylic acids is 3. The Morgan fingerprint density at radius 3 is 2.36 bits per heavy atom. The van der Waals surface area contributed by atoms with E-state index in [0.29, 0.717) is 22.4 Å². The van der Waals surface area contributed by atoms with Gasteiger partial charge in [0.1, 0.15) is 5.54 Å². The topological polar surface area (TPSA) is 121 Å². The molecule has 2 aromatic carbocycles. The van der Waals surface area contributed by atoms with E-state index in [1.54, 1.807) is 55.5 Å². The van der Waals surface area contributed by atoms with Crippen LogP contribution in [0.2, 0.25) is 0 Å². The van der Waals surface area contributed by atoms with Crippen molar-refractivity contribution in [3.63, 3.8) is 0 Å². The van der Waals surface area contributed by atoms with E-state index in [-0.39, 0.29) is 11.7 Å². The highest BCUT2D eigenvalue weighted by Crippen LogP contribution is 2.26. The van der Waals surface area contributed by atoms with Gasteiger partial charge in [-0.05, 0) is 42.3 Å². The summed E-state index contributed by atoms with van der Waals surface area (Å²) in [5.41, 5.74) is 0.721. The van der Waals surface area contributed by atoms with Crippen LogP contribution in [0.3, 0.4) is 0 Å². The van der Waals surface area contributed by atoms with Crippen LogP contribution in [0.5, 0.6) is 0 Å². The number of sulfone groups is 1. The molecule has 1 fully saturated rings. The van der Waals surface area contributed by atoms with E-state index < -0.39 is 27.3 Å². The maximum Gasteiger partial charge on any atom is 0.322 e. The molecule has 0 radical (unpaired) electrons. The van der Waals surface area contributed by atoms with Gasteiger partial charge in [-0.15, -0.1) is 0 Å². The number of rotatable bonds is 5. The fraction of sp³-hybridized carbons (Fsp3) is 0.211. The Morgan fingerprint density at radius 1 is 1.11 bits per heavy atom. The number of carbonyl (C=O) groups is 3. The van der Waals surface area contributed by atoms with Crippen molar-refractivity contribution in [2.24, 2.45) is 0 Å². The zero-order valence-corrected chi connectivity index (χ0v) is 16.1. The van der Waals surface area contributed by atoms with Gasteiger partial charge in [-0.3, -0.25) is 14.9 Å². The predicted octanol–water partition coefficient (Wildman–Crippen LogP) is 1.54. The number of anilines is 1. The van der Waals surface area contributed by atoms with Crippen molar-refractivity contribution in [1.29, 1.82) is 0 Å². The minimum absolute atomic E-state index is 0.0939. The first-order valence-corrected chi connectivity index (χ1v) is 10.4. The molecule has 2 aromatic rings. The zero-order chi connectivity index (χ0) is 20.5. The van der Waals surface area contributed by atoms with E-state index in [9.17, 15) is 22.8 Å². The van der Waals surface area contributed by atoms with Gasteiger partial charge in [0.05, 0.1) is 5.75 Å². The molecule has 0 aliphatic carbocycles. The number of urea groups is 1. The molecule has 28 heavy (non-hydrogen) atoms. The van der Waals surface area contributed by atoms with Gasteiger partial charge in [0.25, 0.3) is 11.8 Å². The molecule has 1 aliphatic rings. The number of benzene rings is 2. The predicted molar refractivity (Wildman–Crippen MR) is 103 cm³/mol. The molecule has 1 aliphatic heterocycles. The summed E-state index contributed by atoms with van der Waals surface area (Å²) < 4.78 is 22.7. The number of hydrogen-bond donors (Lipinski definition) is 3. The lowest BCUT2D eigenvalue weighted by molar-refractivity contribution is -0.123. The fourth-order valence-electron chi connectivity index (χ4n) is 2.91. The van der Waals surface area contributed by atoms with Crippen LogP contribution < -0.4 is 16.0 Å². The highest BCUT2D eigenvalue weighted by Gasteiger charge is 2.43. The van der Waals surface area contributed by atoms with Gasteiger partial charge in [0.15, 0.2) is 9.84 Å². The van der Waals surface area contributed by atoms with E-state index in [1.807, 2.05) is 0 Å². The Hall–Kier alpha value is -3.20. The number of imide groups is 1. The van der Waals surface area contributed by atoms with E-state index in [4.69, 9.17) is 0 Å². The average molecular weight is 401 g/mol. The molecular formula is C19H19N3O5S. The molecule has 0 spiro atoms. The van der Waals surface area contributed by atoms with Crippen LogP contribution in [0.4, 0.5) is 10.5 Å². The quantitative estimate of drug-likeness (QED) is 0.656. The SMILES string of the molecule is CC1(c2cccc(NC(=O)c3ccc(CS(C)(=O)=O)cc3)c2)NC(=O)NC1=O. The maximum absolute atomic E-state index is 12.5. The Bertz CT molecular complexity index is 1060. The summed E-state index contributed by atoms with van der Waals surface area (Å²) in [6.07, 6.45) is 1.15. The van der Waals surface area contributed by atoms with Crippen LogP contribution in [0.1, 0.15) is 28.4 Å². The van der Waals surface area contributed by atoms with Gasteiger partial charge in [-0.25, -0.2) is 13.2 Å². The second-order valence-electron chi connectivity index (χ2n) is 6.84. The Kier molecular flexibility index (Phi) is 4.95. The first-order valence-electron chi connectivity index (χ1n) is 8.39. The van der Waals surface area contributed by atoms with Crippen molar-refractivity contribution in [2.75, 3.05) is 11.6 Å². The van der Waals surface area contributed by atoms with Gasteiger partial charge < -0.3 is 10.6 Å². The second-order valence-corrected chi connectivity index (χ2v) is 8.98. The summed E-state index contributed by atoms with van der Waals surface area (Å²) in [5.74, 6) is -0.945. The van der Waals surface area contributed by atoms with Crippen LogP contribution in [0, 0.1) is 0 Å². The number of hydrogen-bond acceptors (Lipinski definition) is 5. The summed E-state index contributed by atoms with van der Waals surface area (Å²) in [7, 11) is -3.15. The van der Waals surface area contributed by atoms with Crippen LogP contribution in [0.15, 0.2) is 48.5 Å². The lowest BCUT2D eigenvalue weighted by atomic mass is 9.92. The van der Waals surface area contributed by atoms with Crippen molar-refractivity contribution in [3.05, 3.63) is 65.2 Å². The van der Waals surface area contributed by atoms with E-state index >= 15 is 0 Å². The number of amides is 4. The maximum atomic E-state index is 12.5. The van der Waals surface area contributed by atoms with Gasteiger partial charge in [-0.2, -0.15) is 0 Å². The van der Waals surface area contributed by atoms with Crippen LogP contribution >= 0.6 is 0 Å². The first-order chi connectivity index (χ1) is 13.1. The van der Waals surface area contributed by atoms with Crippen molar-refractivity contribution in [1.82, 2.24) is 10.6 Å². The molecule has 0 saturated carbocycles. The van der Waals surface area contributed by atoms with Crippen molar-refractivity contribution in [3.8, 4) is 0 Å². The molecule has 1 heterocycles. The van der Waals surface area contributed by atoms with Crippen LogP contribution in [0.25, 0.3) is 0 Å². The highest BCUT2D eigenvalue weighted by molar-refractivity contribution is 7.89. The van der Waals surface area contributed by atoms with Crippen LogP contribution in [-0.4, -0.2) is 32.5 Å². The molecule has 9 heteroatoms. The van der Waals surface area contributed by atoms with E-state index in [0.717, 1.165) is 6.26 Å². The standard InChI is InChI=1S/C19H19N3O5S/c1-19(17(24)21-18(25)22-19)14-4-3-5-15(10-14)20-16(23)13-8-6-12(7-9-13)11-28(2,26)27/h3-10H,11H2,1-2H3,(H,20,23)(H2,21,22,24,25). The summed E-state index contributed by atoms with van der Waals surface area (Å²) in [6, 6.07) is 12.3. The Labute approximate surface area is 162 Å². The van der Waals surface area contributed by atoms with Crippen molar-refractivity contribution < 1.29 is 22.8 Å². The molecule has 4 amide bonds. The van der Waals surface area contributed by atoms with Gasteiger partial charge in [0.2, 0.25) is 0 Å². The van der Waals surface area contributed by atoms with Gasteiger partial charge in [0, 0.05) is 17.5 Å². The molecule has 1 unspecified atom stereocenters. The molecule has 0 bridgehead atoms. The molecule has 146 valence electrons. The average Bonchev–Trinajstić information content (AvgIpc) is 2.87. The van der Waals surface area contributed by atoms with Crippen molar-refractivity contribution >= 4 is 33.4 Å². The summed E-state index contributed by atoms with van der Waals surface area (Å²) in [5, 5.41) is 7.50. The minimum atomic E-state index is -3.15. The molecule has 1 atom stereocenters. The molecule has 0 aromatic heterocycles. The minimum Gasteiger partial charge on any atom is -0.322 e. The summed E-state index contributed by atoms with van der Waals surface area (Å²) in [4.78, 5) is 36.0. The zero-order valence-electron chi connectivity index (χ0n) is 15.3. The van der Waals surface area contributed by atoms with E-state index in [1.165, 1.54) is 0 Å². The van der Waals surface area contributed by atoms with Crippen molar-refractivity contribution in [2.45, 2.75) is 18.2 Å². The second kappa shape index (κ2) is 7.08. The third kappa shape index (κ3) is 4.20. The first kappa shape index (κ1) is 19.6. The van der Waals surface area contributed by atoms with Gasteiger partial charge in [-0.1, -0.05) is 24.3 Å². The molecule has 8 nitrogen and oxygen atoms in total. The molecular weight excluding hydrogens is 382 g/mol. The summed E-state index contributed by atoms with van der Waals surface area (Å²) in [6.45, 7) is 1.58. The third-order valence-electron chi connectivity index (χ3n) is 4.39. The summed E-state index contributed by atoms with van der Waals surface area (Å²) >= 11 is 0. The lowest BCUT2D eigenvalue weighted by Gasteiger charge is -2.21. The fourth-order valence-corrected chi connectivity index (χ4v) is 3.71. The smallest absolute Gasteiger partial charge is 0.322 e. The normalized spacial score (nSPS) is 19.1. The Balaban J connectivity index is 1.76. The molecule has 3 rings (SSSR count). The third-order valence-corrected chi connectivity index (χ3v) is 5.25. The monoisotopic (exact) mass is 401 g/mol. The number of nitrogens with one attached hydrogen (secondary N) is 3. The van der Waals surface area contributed by atoms with Gasteiger partial charge >= 0.3 is 6.03 Å². The van der Waals surface area contributed by atoms with E-state index in [2.05, 4.69) is 16.0 Å². The van der Waals surface area contributed by atoms with Crippen LogP contribution in [-0.2, 0) is 25.9 Å². The highest BCUT2D eigenvalue weighted by atomic mass is 32.2.